The van der Waals surface area contributed by atoms with Crippen molar-refractivity contribution in [3.05, 3.63) is 86.1 Å². The van der Waals surface area contributed by atoms with Gasteiger partial charge < -0.3 is 15.3 Å². The summed E-state index contributed by atoms with van der Waals surface area (Å²) in [5, 5.41) is 2.05. The molecule has 1 aromatic carbocycles. The van der Waals surface area contributed by atoms with Gasteiger partial charge in [0.15, 0.2) is 0 Å². The van der Waals surface area contributed by atoms with Gasteiger partial charge in [0.2, 0.25) is 0 Å². The van der Waals surface area contributed by atoms with Gasteiger partial charge in [0.05, 0.1) is 5.56 Å². The summed E-state index contributed by atoms with van der Waals surface area (Å²) in [7, 11) is 0. The fraction of sp³-hybridized carbons (Fsp3) is 0.105. The van der Waals surface area contributed by atoms with Gasteiger partial charge in [-0.2, -0.15) is 13.2 Å². The van der Waals surface area contributed by atoms with Crippen LogP contribution in [0.25, 0.3) is 11.3 Å². The minimum absolute atomic E-state index is 0.340. The third-order valence-electron chi connectivity index (χ3n) is 3.96. The Morgan fingerprint density at radius 2 is 1.79 bits per heavy atom. The molecule has 2 aromatic heterocycles. The molecule has 0 saturated carbocycles. The van der Waals surface area contributed by atoms with Gasteiger partial charge in [-0.3, -0.25) is 14.4 Å². The van der Waals surface area contributed by atoms with Gasteiger partial charge in [-0.15, -0.1) is 0 Å². The number of hydrogen-bond acceptors (Lipinski definition) is 3. The maximum Gasteiger partial charge on any atom is 0.417 e. The molecule has 0 aliphatic heterocycles. The molecule has 6 nitrogen and oxygen atoms in total. The average molecular weight is 389 g/mol. The first-order valence-corrected chi connectivity index (χ1v) is 8.07. The zero-order valence-electron chi connectivity index (χ0n) is 14.5. The molecule has 28 heavy (non-hydrogen) atoms. The van der Waals surface area contributed by atoms with Crippen LogP contribution in [0.15, 0.2) is 58.3 Å². The molecule has 1 amide bonds. The van der Waals surface area contributed by atoms with Crippen molar-refractivity contribution < 1.29 is 18.0 Å². The lowest BCUT2D eigenvalue weighted by Crippen LogP contribution is -2.26. The summed E-state index contributed by atoms with van der Waals surface area (Å²) in [6.45, 7) is 1.88. The molecule has 0 aliphatic rings. The van der Waals surface area contributed by atoms with E-state index in [4.69, 9.17) is 0 Å². The van der Waals surface area contributed by atoms with Crippen molar-refractivity contribution in [1.29, 1.82) is 0 Å². The Labute approximate surface area is 156 Å². The van der Waals surface area contributed by atoms with Crippen LogP contribution in [-0.4, -0.2) is 15.9 Å². The van der Waals surface area contributed by atoms with Crippen molar-refractivity contribution in [3.8, 4) is 11.3 Å². The van der Waals surface area contributed by atoms with Crippen LogP contribution in [0.1, 0.15) is 21.5 Å². The number of nitrogens with one attached hydrogen (secondary N) is 3. The third-order valence-corrected chi connectivity index (χ3v) is 3.96. The van der Waals surface area contributed by atoms with Gasteiger partial charge in [-0.1, -0.05) is 23.8 Å². The zero-order chi connectivity index (χ0) is 20.5. The molecular formula is C19H14F3N3O3. The Morgan fingerprint density at radius 1 is 1.04 bits per heavy atom. The molecular weight excluding hydrogens is 375 g/mol. The lowest BCUT2D eigenvalue weighted by atomic mass is 10.1. The number of halogens is 3. The fourth-order valence-electron chi connectivity index (χ4n) is 2.56. The topological polar surface area (TPSA) is 94.8 Å². The number of anilines is 1. The molecule has 0 atom stereocenters. The van der Waals surface area contributed by atoms with Gasteiger partial charge in [0, 0.05) is 11.9 Å². The number of carbonyl (C=O) groups excluding carboxylic acids is 1. The summed E-state index contributed by atoms with van der Waals surface area (Å²) in [6.07, 6.45) is -4.20. The number of rotatable bonds is 3. The summed E-state index contributed by atoms with van der Waals surface area (Å²) < 4.78 is 38.3. The summed E-state index contributed by atoms with van der Waals surface area (Å²) in [6, 6.07) is 10.6. The third kappa shape index (κ3) is 4.03. The molecule has 0 saturated heterocycles. The lowest BCUT2D eigenvalue weighted by Gasteiger charge is -2.09. The second-order valence-corrected chi connectivity index (χ2v) is 6.07. The van der Waals surface area contributed by atoms with Crippen molar-refractivity contribution in [2.75, 3.05) is 5.32 Å². The van der Waals surface area contributed by atoms with E-state index in [1.165, 1.54) is 12.1 Å². The first-order valence-electron chi connectivity index (χ1n) is 8.07. The van der Waals surface area contributed by atoms with Crippen molar-refractivity contribution in [2.45, 2.75) is 13.1 Å². The molecule has 3 aromatic rings. The Balaban J connectivity index is 1.90. The Hall–Kier alpha value is -3.62. The Kier molecular flexibility index (Phi) is 4.91. The Morgan fingerprint density at radius 3 is 2.43 bits per heavy atom. The first kappa shape index (κ1) is 19.2. The molecule has 3 N–H and O–H groups in total. The van der Waals surface area contributed by atoms with E-state index in [0.717, 1.165) is 11.1 Å². The standard InChI is InChI=1S/C19H14F3N3O3/c1-10-3-2-4-11(7-10)14-6-5-13(16(26)24-14)17(27)25-15-8-12(19(20,21)22)9-23-18(15)28/h2-9H,1H3,(H,23,28)(H,24,26)(H,25,27). The molecule has 0 bridgehead atoms. The number of amides is 1. The summed E-state index contributed by atoms with van der Waals surface area (Å²) in [4.78, 5) is 40.7. The Bertz CT molecular complexity index is 1160. The SMILES string of the molecule is Cc1cccc(-c2ccc(C(=O)Nc3cc(C(F)(F)F)c[nH]c3=O)c(=O)[nH]2)c1. The highest BCUT2D eigenvalue weighted by atomic mass is 19.4. The number of benzene rings is 1. The van der Waals surface area contributed by atoms with E-state index in [1.807, 2.05) is 35.4 Å². The molecule has 0 aliphatic carbocycles. The second-order valence-electron chi connectivity index (χ2n) is 6.07. The van der Waals surface area contributed by atoms with Crippen LogP contribution in [0.2, 0.25) is 0 Å². The number of carbonyl (C=O) groups is 1. The normalized spacial score (nSPS) is 11.3. The van der Waals surface area contributed by atoms with Gasteiger partial charge in [0.25, 0.3) is 17.0 Å². The second kappa shape index (κ2) is 7.18. The van der Waals surface area contributed by atoms with E-state index >= 15 is 0 Å². The maximum absolute atomic E-state index is 12.8. The zero-order valence-corrected chi connectivity index (χ0v) is 14.5. The van der Waals surface area contributed by atoms with Crippen molar-refractivity contribution >= 4 is 11.6 Å². The number of alkyl halides is 3. The minimum atomic E-state index is -4.70. The molecule has 9 heteroatoms. The monoisotopic (exact) mass is 389 g/mol. The summed E-state index contributed by atoms with van der Waals surface area (Å²) >= 11 is 0. The van der Waals surface area contributed by atoms with Crippen molar-refractivity contribution in [2.24, 2.45) is 0 Å². The molecule has 0 fully saturated rings. The van der Waals surface area contributed by atoms with Crippen molar-refractivity contribution in [3.63, 3.8) is 0 Å². The maximum atomic E-state index is 12.8. The van der Waals surface area contributed by atoms with Crippen LogP contribution in [0.4, 0.5) is 18.9 Å². The highest BCUT2D eigenvalue weighted by Gasteiger charge is 2.31. The summed E-state index contributed by atoms with van der Waals surface area (Å²) in [5.74, 6) is -0.998. The molecule has 0 radical (unpaired) electrons. The van der Waals surface area contributed by atoms with E-state index in [2.05, 4.69) is 4.98 Å². The number of aryl methyl sites for hydroxylation is 1. The van der Waals surface area contributed by atoms with Crippen LogP contribution in [0.3, 0.4) is 0 Å². The average Bonchev–Trinajstić information content (AvgIpc) is 2.62. The van der Waals surface area contributed by atoms with Gasteiger partial charge in [-0.05, 0) is 36.8 Å². The van der Waals surface area contributed by atoms with E-state index in [1.54, 1.807) is 6.07 Å². The van der Waals surface area contributed by atoms with Crippen molar-refractivity contribution in [1.82, 2.24) is 9.97 Å². The van der Waals surface area contributed by atoms with E-state index < -0.39 is 34.5 Å². The molecule has 3 rings (SSSR count). The number of hydrogen-bond donors (Lipinski definition) is 3. The minimum Gasteiger partial charge on any atom is -0.327 e. The molecule has 144 valence electrons. The number of H-pyrrole nitrogens is 2. The lowest BCUT2D eigenvalue weighted by molar-refractivity contribution is -0.137. The van der Waals surface area contributed by atoms with E-state index in [9.17, 15) is 27.6 Å². The fourth-order valence-corrected chi connectivity index (χ4v) is 2.56. The largest absolute Gasteiger partial charge is 0.417 e. The quantitative estimate of drug-likeness (QED) is 0.641. The van der Waals surface area contributed by atoms with Crippen LogP contribution in [-0.2, 0) is 6.18 Å². The van der Waals surface area contributed by atoms with Gasteiger partial charge in [-0.25, -0.2) is 0 Å². The van der Waals surface area contributed by atoms with Crippen LogP contribution >= 0.6 is 0 Å². The van der Waals surface area contributed by atoms with E-state index in [0.29, 0.717) is 18.0 Å². The number of pyridine rings is 2. The predicted octanol–water partition coefficient (Wildman–Crippen LogP) is 3.31. The number of aromatic nitrogens is 2. The number of aromatic amines is 2. The molecule has 0 unspecified atom stereocenters. The highest BCUT2D eigenvalue weighted by Crippen LogP contribution is 2.29. The van der Waals surface area contributed by atoms with Crippen LogP contribution < -0.4 is 16.4 Å². The van der Waals surface area contributed by atoms with Crippen LogP contribution in [0, 0.1) is 6.92 Å². The summed E-state index contributed by atoms with van der Waals surface area (Å²) in [5.41, 5.74) is -1.56. The van der Waals surface area contributed by atoms with Crippen LogP contribution in [0.5, 0.6) is 0 Å². The van der Waals surface area contributed by atoms with Gasteiger partial charge >= 0.3 is 6.18 Å². The molecule has 0 spiro atoms. The predicted molar refractivity (Wildman–Crippen MR) is 97.3 cm³/mol. The molecule has 2 heterocycles. The smallest absolute Gasteiger partial charge is 0.327 e. The van der Waals surface area contributed by atoms with E-state index in [-0.39, 0.29) is 5.56 Å². The van der Waals surface area contributed by atoms with Gasteiger partial charge in [0.1, 0.15) is 11.3 Å². The first-order chi connectivity index (χ1) is 13.1. The highest BCUT2D eigenvalue weighted by molar-refractivity contribution is 6.04.